The Morgan fingerprint density at radius 2 is 1.75 bits per heavy atom. The Labute approximate surface area is 97.7 Å². The van der Waals surface area contributed by atoms with Crippen LogP contribution in [0.3, 0.4) is 0 Å². The first-order valence-electron chi connectivity index (χ1n) is 6.08. The van der Waals surface area contributed by atoms with E-state index in [-0.39, 0.29) is 0 Å². The molecule has 1 fully saturated rings. The van der Waals surface area contributed by atoms with Crippen LogP contribution in [0.15, 0.2) is 28.7 Å². The summed E-state index contributed by atoms with van der Waals surface area (Å²) in [5.74, 6) is 1.81. The molecule has 0 N–H and O–H groups in total. The van der Waals surface area contributed by atoms with E-state index in [2.05, 4.69) is 11.9 Å². The molecule has 16 heavy (non-hydrogen) atoms. The predicted molar refractivity (Wildman–Crippen MR) is 68.5 cm³/mol. The van der Waals surface area contributed by atoms with Gasteiger partial charge in [-0.2, -0.15) is 0 Å². The summed E-state index contributed by atoms with van der Waals surface area (Å²) in [5.41, 5.74) is 1.79. The summed E-state index contributed by atoms with van der Waals surface area (Å²) in [7, 11) is 0. The molecule has 2 aromatic rings. The van der Waals surface area contributed by atoms with Crippen molar-refractivity contribution in [3.8, 4) is 0 Å². The minimum Gasteiger partial charge on any atom is -0.441 e. The summed E-state index contributed by atoms with van der Waals surface area (Å²) in [6.45, 7) is 8.12. The molecule has 0 atom stereocenters. The van der Waals surface area contributed by atoms with E-state index < -0.39 is 0 Å². The molecule has 2 heteroatoms. The number of hydrogen-bond donors (Lipinski definition) is 0. The summed E-state index contributed by atoms with van der Waals surface area (Å²) in [6, 6.07) is 7.73. The fourth-order valence-corrected chi connectivity index (χ4v) is 1.15. The maximum atomic E-state index is 5.26. The number of benzene rings is 1. The molecule has 0 radical (unpaired) electrons. The number of nitrogens with zero attached hydrogens (tertiary/aromatic N) is 1. The fraction of sp³-hybridized carbons (Fsp3) is 0.500. The fourth-order valence-electron chi connectivity index (χ4n) is 1.15. The molecule has 2 nitrogen and oxygen atoms in total. The zero-order chi connectivity index (χ0) is 12.0. The molecule has 0 bridgehead atoms. The maximum Gasteiger partial charge on any atom is 0.192 e. The lowest BCUT2D eigenvalue weighted by molar-refractivity contribution is 0.561. The van der Waals surface area contributed by atoms with Crippen LogP contribution >= 0.6 is 0 Å². The van der Waals surface area contributed by atoms with Gasteiger partial charge in [0.05, 0.1) is 0 Å². The van der Waals surface area contributed by atoms with Crippen LogP contribution in [-0.2, 0) is 0 Å². The van der Waals surface area contributed by atoms with Crippen molar-refractivity contribution in [3.63, 3.8) is 0 Å². The second-order valence-electron chi connectivity index (χ2n) is 3.88. The SMILES string of the molecule is CC.CC1CC1.Cc1nc2ccccc2o1. The number of hydrogen-bond acceptors (Lipinski definition) is 2. The van der Waals surface area contributed by atoms with Crippen LogP contribution in [0, 0.1) is 12.8 Å². The van der Waals surface area contributed by atoms with E-state index in [1.54, 1.807) is 0 Å². The molecule has 0 saturated heterocycles. The van der Waals surface area contributed by atoms with Gasteiger partial charge in [-0.25, -0.2) is 4.98 Å². The van der Waals surface area contributed by atoms with Gasteiger partial charge in [-0.05, 0) is 18.1 Å². The molecule has 1 aliphatic carbocycles. The first kappa shape index (κ1) is 12.8. The highest BCUT2D eigenvalue weighted by Gasteiger charge is 2.12. The Morgan fingerprint density at radius 3 is 2.25 bits per heavy atom. The van der Waals surface area contributed by atoms with E-state index in [1.807, 2.05) is 45.0 Å². The molecule has 1 aromatic heterocycles. The van der Waals surface area contributed by atoms with Crippen LogP contribution in [0.25, 0.3) is 11.1 Å². The zero-order valence-corrected chi connectivity index (χ0v) is 10.7. The topological polar surface area (TPSA) is 26.0 Å². The first-order valence-corrected chi connectivity index (χ1v) is 6.08. The van der Waals surface area contributed by atoms with Crippen molar-refractivity contribution in [1.82, 2.24) is 4.98 Å². The van der Waals surface area contributed by atoms with Gasteiger partial charge in [0, 0.05) is 6.92 Å². The number of fused-ring (bicyclic) bond motifs is 1. The third-order valence-corrected chi connectivity index (χ3v) is 2.27. The van der Waals surface area contributed by atoms with Crippen LogP contribution in [0.4, 0.5) is 0 Å². The number of rotatable bonds is 0. The van der Waals surface area contributed by atoms with Gasteiger partial charge < -0.3 is 4.42 Å². The molecule has 0 amide bonds. The normalized spacial score (nSPS) is 13.5. The molecule has 1 aromatic carbocycles. The smallest absolute Gasteiger partial charge is 0.192 e. The second kappa shape index (κ2) is 6.31. The molecule has 0 spiro atoms. The van der Waals surface area contributed by atoms with E-state index in [1.165, 1.54) is 12.8 Å². The quantitative estimate of drug-likeness (QED) is 0.648. The molecule has 1 heterocycles. The number of aromatic nitrogens is 1. The van der Waals surface area contributed by atoms with Gasteiger partial charge in [0.15, 0.2) is 11.5 Å². The second-order valence-corrected chi connectivity index (χ2v) is 3.88. The Balaban J connectivity index is 0.000000179. The summed E-state index contributed by atoms with van der Waals surface area (Å²) in [5, 5.41) is 0. The molecule has 88 valence electrons. The van der Waals surface area contributed by atoms with E-state index in [0.29, 0.717) is 0 Å². The highest BCUT2D eigenvalue weighted by Crippen LogP contribution is 2.26. The van der Waals surface area contributed by atoms with Crippen LogP contribution < -0.4 is 0 Å². The first-order chi connectivity index (χ1) is 7.75. The van der Waals surface area contributed by atoms with Gasteiger partial charge in [0.1, 0.15) is 5.52 Å². The lowest BCUT2D eigenvalue weighted by Gasteiger charge is -1.79. The maximum absolute atomic E-state index is 5.26. The third-order valence-electron chi connectivity index (χ3n) is 2.27. The van der Waals surface area contributed by atoms with Gasteiger partial charge in [-0.15, -0.1) is 0 Å². The Bertz CT molecular complexity index is 382. The molecular weight excluding hydrogens is 198 g/mol. The largest absolute Gasteiger partial charge is 0.441 e. The summed E-state index contributed by atoms with van der Waals surface area (Å²) < 4.78 is 5.26. The van der Waals surface area contributed by atoms with Gasteiger partial charge in [0.2, 0.25) is 0 Å². The lowest BCUT2D eigenvalue weighted by atomic mass is 10.3. The summed E-state index contributed by atoms with van der Waals surface area (Å²) in [4.78, 5) is 4.15. The molecule has 3 rings (SSSR count). The molecule has 0 unspecified atom stereocenters. The van der Waals surface area contributed by atoms with E-state index >= 15 is 0 Å². The average Bonchev–Trinajstić information content (AvgIpc) is 2.99. The van der Waals surface area contributed by atoms with Crippen LogP contribution in [-0.4, -0.2) is 4.98 Å². The van der Waals surface area contributed by atoms with Crippen molar-refractivity contribution in [2.24, 2.45) is 5.92 Å². The molecular formula is C14H21NO. The Hall–Kier alpha value is -1.31. The third kappa shape index (κ3) is 4.05. The molecule has 1 aliphatic rings. The van der Waals surface area contributed by atoms with Gasteiger partial charge >= 0.3 is 0 Å². The minimum absolute atomic E-state index is 0.723. The van der Waals surface area contributed by atoms with Crippen LogP contribution in [0.1, 0.15) is 39.5 Å². The number of aryl methyl sites for hydroxylation is 1. The monoisotopic (exact) mass is 219 g/mol. The van der Waals surface area contributed by atoms with Crippen molar-refractivity contribution in [3.05, 3.63) is 30.2 Å². The van der Waals surface area contributed by atoms with E-state index in [9.17, 15) is 0 Å². The van der Waals surface area contributed by atoms with E-state index in [4.69, 9.17) is 4.42 Å². The van der Waals surface area contributed by atoms with Gasteiger partial charge in [-0.1, -0.05) is 45.7 Å². The highest BCUT2D eigenvalue weighted by atomic mass is 16.3. The molecule has 1 saturated carbocycles. The van der Waals surface area contributed by atoms with Crippen molar-refractivity contribution in [2.45, 2.75) is 40.5 Å². The number of oxazole rings is 1. The lowest BCUT2D eigenvalue weighted by Crippen LogP contribution is -1.65. The zero-order valence-electron chi connectivity index (χ0n) is 10.7. The summed E-state index contributed by atoms with van der Waals surface area (Å²) in [6.07, 6.45) is 2.97. The van der Waals surface area contributed by atoms with Crippen molar-refractivity contribution in [1.29, 1.82) is 0 Å². The number of para-hydroxylation sites is 2. The average molecular weight is 219 g/mol. The van der Waals surface area contributed by atoms with Gasteiger partial charge in [0.25, 0.3) is 0 Å². The van der Waals surface area contributed by atoms with Crippen LogP contribution in [0.5, 0.6) is 0 Å². The standard InChI is InChI=1S/C8H7NO.C4H8.C2H6/c1-6-9-7-4-2-3-5-8(7)10-6;1-4-2-3-4;1-2/h2-5H,1H3;4H,2-3H2,1H3;1-2H3. The van der Waals surface area contributed by atoms with Crippen molar-refractivity contribution < 1.29 is 4.42 Å². The van der Waals surface area contributed by atoms with Crippen LogP contribution in [0.2, 0.25) is 0 Å². The molecule has 0 aliphatic heterocycles. The van der Waals surface area contributed by atoms with Crippen molar-refractivity contribution >= 4 is 11.1 Å². The Kier molecular flexibility index (Phi) is 5.03. The highest BCUT2D eigenvalue weighted by molar-refractivity contribution is 5.71. The predicted octanol–water partition coefficient (Wildman–Crippen LogP) is 4.58. The van der Waals surface area contributed by atoms with Gasteiger partial charge in [-0.3, -0.25) is 0 Å². The minimum atomic E-state index is 0.723. The van der Waals surface area contributed by atoms with Crippen molar-refractivity contribution in [2.75, 3.05) is 0 Å². The Morgan fingerprint density at radius 1 is 1.19 bits per heavy atom. The summed E-state index contributed by atoms with van der Waals surface area (Å²) >= 11 is 0. The van der Waals surface area contributed by atoms with E-state index in [0.717, 1.165) is 22.9 Å².